The zero-order valence-corrected chi connectivity index (χ0v) is 17.0. The number of hydrogen-bond acceptors (Lipinski definition) is 5. The van der Waals surface area contributed by atoms with E-state index in [9.17, 15) is 4.79 Å². The largest absolute Gasteiger partial charge is 0.397 e. The molecular weight excluding hydrogens is 380 g/mol. The Kier molecular flexibility index (Phi) is 3.76. The van der Waals surface area contributed by atoms with Gasteiger partial charge in [-0.15, -0.1) is 11.3 Å². The van der Waals surface area contributed by atoms with Crippen molar-refractivity contribution >= 4 is 33.1 Å². The van der Waals surface area contributed by atoms with Crippen LogP contribution < -0.4 is 11.1 Å². The molecular formula is C23H24N4OS. The van der Waals surface area contributed by atoms with Gasteiger partial charge in [0.25, 0.3) is 5.91 Å². The molecule has 0 unspecified atom stereocenters. The Balaban J connectivity index is 1.31. The third kappa shape index (κ3) is 2.84. The Morgan fingerprint density at radius 2 is 1.69 bits per heavy atom. The van der Waals surface area contributed by atoms with Crippen molar-refractivity contribution in [3.8, 4) is 11.3 Å². The number of hydrogen-bond donors (Lipinski definition) is 2. The standard InChI is InChI=1S/C23H24N4OS/c24-19-17-1-2-18(16-3-5-25-6-4-16)26-22(17)29-20(19)21(28)27-23-10-13-7-14(11-23)9-15(8-13)12-23/h1-6,13-15H,7-12,24H2,(H,27,28). The second-order valence-electron chi connectivity index (χ2n) is 9.28. The molecule has 6 heteroatoms. The Morgan fingerprint density at radius 1 is 1.03 bits per heavy atom. The molecule has 0 atom stereocenters. The summed E-state index contributed by atoms with van der Waals surface area (Å²) in [5, 5.41) is 4.31. The van der Waals surface area contributed by atoms with Crippen LogP contribution in [0.2, 0.25) is 0 Å². The van der Waals surface area contributed by atoms with Gasteiger partial charge in [0.05, 0.1) is 11.4 Å². The van der Waals surface area contributed by atoms with E-state index in [1.165, 1.54) is 30.6 Å². The van der Waals surface area contributed by atoms with Gasteiger partial charge in [0.15, 0.2) is 0 Å². The van der Waals surface area contributed by atoms with Gasteiger partial charge in [-0.05, 0) is 80.5 Å². The quantitative estimate of drug-likeness (QED) is 0.666. The summed E-state index contributed by atoms with van der Waals surface area (Å²) in [6, 6.07) is 7.81. The topological polar surface area (TPSA) is 80.9 Å². The summed E-state index contributed by atoms with van der Waals surface area (Å²) in [6.07, 6.45) is 11.0. The third-order valence-electron chi connectivity index (χ3n) is 7.19. The number of fused-ring (bicyclic) bond motifs is 1. The van der Waals surface area contributed by atoms with Crippen molar-refractivity contribution < 1.29 is 4.79 Å². The molecule has 4 bridgehead atoms. The predicted molar refractivity (Wildman–Crippen MR) is 116 cm³/mol. The highest BCUT2D eigenvalue weighted by Crippen LogP contribution is 2.55. The molecule has 3 aromatic heterocycles. The lowest BCUT2D eigenvalue weighted by molar-refractivity contribution is -0.0166. The summed E-state index contributed by atoms with van der Waals surface area (Å²) < 4.78 is 0. The van der Waals surface area contributed by atoms with Crippen LogP contribution >= 0.6 is 11.3 Å². The van der Waals surface area contributed by atoms with Gasteiger partial charge in [-0.3, -0.25) is 9.78 Å². The van der Waals surface area contributed by atoms with Gasteiger partial charge in [-0.1, -0.05) is 0 Å². The predicted octanol–water partition coefficient (Wildman–Crippen LogP) is 4.64. The molecule has 3 aromatic rings. The van der Waals surface area contributed by atoms with Gasteiger partial charge in [-0.2, -0.15) is 0 Å². The Morgan fingerprint density at radius 3 is 2.34 bits per heavy atom. The van der Waals surface area contributed by atoms with Crippen LogP contribution in [-0.4, -0.2) is 21.4 Å². The van der Waals surface area contributed by atoms with E-state index in [0.29, 0.717) is 10.6 Å². The number of rotatable bonds is 3. The van der Waals surface area contributed by atoms with E-state index in [2.05, 4.69) is 10.3 Å². The molecule has 4 fully saturated rings. The van der Waals surface area contributed by atoms with Gasteiger partial charge < -0.3 is 11.1 Å². The maximum atomic E-state index is 13.3. The molecule has 0 radical (unpaired) electrons. The highest BCUT2D eigenvalue weighted by Gasteiger charge is 2.51. The van der Waals surface area contributed by atoms with E-state index in [-0.39, 0.29) is 11.4 Å². The monoisotopic (exact) mass is 404 g/mol. The van der Waals surface area contributed by atoms with Crippen molar-refractivity contribution in [2.75, 3.05) is 5.73 Å². The number of carbonyl (C=O) groups excluding carboxylic acids is 1. The van der Waals surface area contributed by atoms with E-state index < -0.39 is 0 Å². The molecule has 0 aromatic carbocycles. The summed E-state index contributed by atoms with van der Waals surface area (Å²) in [7, 11) is 0. The number of aromatic nitrogens is 2. The number of pyridine rings is 2. The number of amides is 1. The van der Waals surface area contributed by atoms with E-state index in [0.717, 1.165) is 58.5 Å². The van der Waals surface area contributed by atoms with Crippen molar-refractivity contribution in [1.29, 1.82) is 0 Å². The second kappa shape index (κ2) is 6.26. The van der Waals surface area contributed by atoms with Crippen LogP contribution in [0.4, 0.5) is 5.69 Å². The fraction of sp³-hybridized carbons (Fsp3) is 0.435. The second-order valence-corrected chi connectivity index (χ2v) is 10.3. The summed E-state index contributed by atoms with van der Waals surface area (Å²) in [6.45, 7) is 0. The van der Waals surface area contributed by atoms with Crippen LogP contribution in [-0.2, 0) is 0 Å². The summed E-state index contributed by atoms with van der Waals surface area (Å²) in [4.78, 5) is 23.5. The molecule has 7 rings (SSSR count). The summed E-state index contributed by atoms with van der Waals surface area (Å²) >= 11 is 1.41. The fourth-order valence-corrected chi connectivity index (χ4v) is 7.40. The van der Waals surface area contributed by atoms with Gasteiger partial charge >= 0.3 is 0 Å². The molecule has 148 valence electrons. The molecule has 3 heterocycles. The molecule has 0 aliphatic heterocycles. The van der Waals surface area contributed by atoms with E-state index in [4.69, 9.17) is 10.7 Å². The number of nitrogen functional groups attached to an aromatic ring is 1. The third-order valence-corrected chi connectivity index (χ3v) is 8.31. The van der Waals surface area contributed by atoms with Gasteiger partial charge in [0.1, 0.15) is 9.71 Å². The Hall–Kier alpha value is -2.47. The molecule has 4 aliphatic carbocycles. The van der Waals surface area contributed by atoms with Crippen LogP contribution in [0.25, 0.3) is 21.5 Å². The van der Waals surface area contributed by atoms with Crippen molar-refractivity contribution in [3.63, 3.8) is 0 Å². The lowest BCUT2D eigenvalue weighted by Gasteiger charge is -2.56. The SMILES string of the molecule is Nc1c(C(=O)NC23CC4CC(CC(C4)C2)C3)sc2nc(-c3ccncc3)ccc12. The van der Waals surface area contributed by atoms with Crippen LogP contribution in [0.1, 0.15) is 48.2 Å². The normalized spacial score (nSPS) is 30.0. The van der Waals surface area contributed by atoms with Crippen LogP contribution in [0.3, 0.4) is 0 Å². The van der Waals surface area contributed by atoms with Crippen molar-refractivity contribution in [1.82, 2.24) is 15.3 Å². The number of thiophene rings is 1. The van der Waals surface area contributed by atoms with Crippen molar-refractivity contribution in [3.05, 3.63) is 41.5 Å². The number of nitrogens with one attached hydrogen (secondary N) is 1. The number of carbonyl (C=O) groups is 1. The maximum absolute atomic E-state index is 13.3. The summed E-state index contributed by atoms with van der Waals surface area (Å²) in [5.74, 6) is 2.38. The summed E-state index contributed by atoms with van der Waals surface area (Å²) in [5.41, 5.74) is 8.82. The molecule has 5 nitrogen and oxygen atoms in total. The van der Waals surface area contributed by atoms with Gasteiger partial charge in [0, 0.05) is 28.9 Å². The van der Waals surface area contributed by atoms with Gasteiger partial charge in [-0.25, -0.2) is 4.98 Å². The fourth-order valence-electron chi connectivity index (χ4n) is 6.41. The molecule has 29 heavy (non-hydrogen) atoms. The minimum atomic E-state index is -0.0158. The smallest absolute Gasteiger partial charge is 0.264 e. The van der Waals surface area contributed by atoms with Crippen molar-refractivity contribution in [2.24, 2.45) is 17.8 Å². The minimum absolute atomic E-state index is 0.00985. The van der Waals surface area contributed by atoms with Crippen LogP contribution in [0, 0.1) is 17.8 Å². The molecule has 1 amide bonds. The van der Waals surface area contributed by atoms with E-state index >= 15 is 0 Å². The number of anilines is 1. The first kappa shape index (κ1) is 17.4. The molecule has 0 saturated heterocycles. The number of nitrogens with two attached hydrogens (primary N) is 1. The van der Waals surface area contributed by atoms with E-state index in [1.54, 1.807) is 12.4 Å². The van der Waals surface area contributed by atoms with E-state index in [1.807, 2.05) is 24.3 Å². The average Bonchev–Trinajstić information content (AvgIpc) is 3.03. The highest BCUT2D eigenvalue weighted by atomic mass is 32.1. The molecule has 4 aliphatic rings. The zero-order chi connectivity index (χ0) is 19.6. The van der Waals surface area contributed by atoms with Crippen LogP contribution in [0.15, 0.2) is 36.7 Å². The average molecular weight is 405 g/mol. The van der Waals surface area contributed by atoms with Gasteiger partial charge in [0.2, 0.25) is 0 Å². The zero-order valence-electron chi connectivity index (χ0n) is 16.2. The molecule has 4 saturated carbocycles. The van der Waals surface area contributed by atoms with Crippen LogP contribution in [0.5, 0.6) is 0 Å². The van der Waals surface area contributed by atoms with Crippen molar-refractivity contribution in [2.45, 2.75) is 44.1 Å². The lowest BCUT2D eigenvalue weighted by Crippen LogP contribution is -2.59. The maximum Gasteiger partial charge on any atom is 0.264 e. The first-order valence-electron chi connectivity index (χ1n) is 10.5. The minimum Gasteiger partial charge on any atom is -0.397 e. The first-order valence-corrected chi connectivity index (χ1v) is 11.3. The highest BCUT2D eigenvalue weighted by molar-refractivity contribution is 7.21. The first-order chi connectivity index (χ1) is 14.1. The lowest BCUT2D eigenvalue weighted by atomic mass is 9.53. The molecule has 0 spiro atoms. The number of nitrogens with zero attached hydrogens (tertiary/aromatic N) is 2. The Bertz CT molecular complexity index is 1070. The molecule has 3 N–H and O–H groups in total. The Labute approximate surface area is 173 Å².